The molecule has 0 aliphatic rings. The molecule has 2 rings (SSSR count). The standard InChI is InChI=1S/C17H17FO2S/c1-11-5-12(2)7-13(6-11)9-21-10-15-8-14(17(19)20)3-4-16(15)18/h3-8H,9-10H2,1-2H3,(H,19,20). The summed E-state index contributed by atoms with van der Waals surface area (Å²) in [6.45, 7) is 4.11. The summed E-state index contributed by atoms with van der Waals surface area (Å²) >= 11 is 1.58. The van der Waals surface area contributed by atoms with Crippen molar-refractivity contribution in [3.63, 3.8) is 0 Å². The number of aryl methyl sites for hydroxylation is 2. The first-order chi connectivity index (χ1) is 9.95. The van der Waals surface area contributed by atoms with Crippen LogP contribution in [0.15, 0.2) is 36.4 Å². The number of hydrogen-bond donors (Lipinski definition) is 1. The molecular formula is C17H17FO2S. The van der Waals surface area contributed by atoms with Crippen LogP contribution in [0.3, 0.4) is 0 Å². The molecule has 0 unspecified atom stereocenters. The smallest absolute Gasteiger partial charge is 0.335 e. The molecule has 0 radical (unpaired) electrons. The molecule has 2 nitrogen and oxygen atoms in total. The number of halogens is 1. The van der Waals surface area contributed by atoms with Crippen LogP contribution in [0.4, 0.5) is 4.39 Å². The van der Waals surface area contributed by atoms with E-state index in [2.05, 4.69) is 32.0 Å². The van der Waals surface area contributed by atoms with Gasteiger partial charge in [0, 0.05) is 11.5 Å². The van der Waals surface area contributed by atoms with Crippen molar-refractivity contribution < 1.29 is 14.3 Å². The highest BCUT2D eigenvalue weighted by molar-refractivity contribution is 7.97. The van der Waals surface area contributed by atoms with Gasteiger partial charge < -0.3 is 5.11 Å². The Morgan fingerprint density at radius 2 is 1.76 bits per heavy atom. The van der Waals surface area contributed by atoms with Crippen molar-refractivity contribution in [2.24, 2.45) is 0 Å². The Bertz CT molecular complexity index is 648. The van der Waals surface area contributed by atoms with Crippen LogP contribution >= 0.6 is 11.8 Å². The van der Waals surface area contributed by atoms with Crippen molar-refractivity contribution in [1.82, 2.24) is 0 Å². The Balaban J connectivity index is 2.03. The van der Waals surface area contributed by atoms with Gasteiger partial charge in [-0.1, -0.05) is 29.3 Å². The highest BCUT2D eigenvalue weighted by Gasteiger charge is 2.08. The van der Waals surface area contributed by atoms with E-state index in [9.17, 15) is 9.18 Å². The average molecular weight is 304 g/mol. The summed E-state index contributed by atoms with van der Waals surface area (Å²) in [6, 6.07) is 10.3. The predicted molar refractivity (Wildman–Crippen MR) is 84.3 cm³/mol. The molecule has 4 heteroatoms. The van der Waals surface area contributed by atoms with Gasteiger partial charge in [-0.25, -0.2) is 9.18 Å². The fraction of sp³-hybridized carbons (Fsp3) is 0.235. The van der Waals surface area contributed by atoms with E-state index >= 15 is 0 Å². The quantitative estimate of drug-likeness (QED) is 0.879. The Morgan fingerprint density at radius 1 is 1.10 bits per heavy atom. The first-order valence-electron chi connectivity index (χ1n) is 6.62. The molecule has 110 valence electrons. The zero-order valence-electron chi connectivity index (χ0n) is 12.0. The fourth-order valence-electron chi connectivity index (χ4n) is 2.25. The molecular weight excluding hydrogens is 287 g/mol. The van der Waals surface area contributed by atoms with Gasteiger partial charge in [-0.3, -0.25) is 0 Å². The van der Waals surface area contributed by atoms with Gasteiger partial charge in [-0.15, -0.1) is 0 Å². The predicted octanol–water partition coefficient (Wildman–Crippen LogP) is 4.57. The molecule has 21 heavy (non-hydrogen) atoms. The van der Waals surface area contributed by atoms with Gasteiger partial charge in [0.15, 0.2) is 0 Å². The van der Waals surface area contributed by atoms with E-state index in [1.807, 2.05) is 0 Å². The van der Waals surface area contributed by atoms with Gasteiger partial charge in [0.2, 0.25) is 0 Å². The SMILES string of the molecule is Cc1cc(C)cc(CSCc2cc(C(=O)O)ccc2F)c1. The second-order valence-corrected chi connectivity index (χ2v) is 6.09. The summed E-state index contributed by atoms with van der Waals surface area (Å²) in [5.41, 5.74) is 4.18. The maximum Gasteiger partial charge on any atom is 0.335 e. The Kier molecular flexibility index (Phi) is 5.02. The largest absolute Gasteiger partial charge is 0.478 e. The van der Waals surface area contributed by atoms with E-state index in [4.69, 9.17) is 5.11 Å². The lowest BCUT2D eigenvalue weighted by atomic mass is 10.1. The molecule has 2 aromatic carbocycles. The molecule has 2 aromatic rings. The first kappa shape index (κ1) is 15.6. The van der Waals surface area contributed by atoms with Gasteiger partial charge >= 0.3 is 5.97 Å². The zero-order valence-corrected chi connectivity index (χ0v) is 12.8. The van der Waals surface area contributed by atoms with Crippen molar-refractivity contribution in [1.29, 1.82) is 0 Å². The Hall–Kier alpha value is -1.81. The topological polar surface area (TPSA) is 37.3 Å². The molecule has 0 fully saturated rings. The van der Waals surface area contributed by atoms with Crippen LogP contribution in [-0.2, 0) is 11.5 Å². The maximum absolute atomic E-state index is 13.7. The van der Waals surface area contributed by atoms with Gasteiger partial charge in [0.1, 0.15) is 5.82 Å². The maximum atomic E-state index is 13.7. The van der Waals surface area contributed by atoms with Crippen molar-refractivity contribution in [2.75, 3.05) is 0 Å². The fourth-order valence-corrected chi connectivity index (χ4v) is 3.20. The van der Waals surface area contributed by atoms with Crippen molar-refractivity contribution in [3.05, 3.63) is 70.0 Å². The molecule has 0 amide bonds. The van der Waals surface area contributed by atoms with Crippen LogP contribution in [0, 0.1) is 19.7 Å². The van der Waals surface area contributed by atoms with Crippen molar-refractivity contribution in [2.45, 2.75) is 25.4 Å². The molecule has 0 bridgehead atoms. The molecule has 0 aromatic heterocycles. The highest BCUT2D eigenvalue weighted by Crippen LogP contribution is 2.22. The third-order valence-electron chi connectivity index (χ3n) is 3.10. The number of carboxylic acid groups (broad SMARTS) is 1. The van der Waals surface area contributed by atoms with E-state index in [-0.39, 0.29) is 11.4 Å². The summed E-state index contributed by atoms with van der Waals surface area (Å²) in [5.74, 6) is -0.150. The second-order valence-electron chi connectivity index (χ2n) is 5.10. The van der Waals surface area contributed by atoms with E-state index in [0.29, 0.717) is 11.3 Å². The van der Waals surface area contributed by atoms with Gasteiger partial charge in [0.25, 0.3) is 0 Å². The van der Waals surface area contributed by atoms with Crippen LogP contribution in [0.1, 0.15) is 32.6 Å². The number of benzene rings is 2. The summed E-state index contributed by atoms with van der Waals surface area (Å²) in [6.07, 6.45) is 0. The lowest BCUT2D eigenvalue weighted by Crippen LogP contribution is -1.99. The number of carbonyl (C=O) groups is 1. The molecule has 0 saturated carbocycles. The van der Waals surface area contributed by atoms with Crippen LogP contribution in [0.25, 0.3) is 0 Å². The third-order valence-corrected chi connectivity index (χ3v) is 4.15. The normalized spacial score (nSPS) is 10.6. The van der Waals surface area contributed by atoms with Gasteiger partial charge in [-0.2, -0.15) is 11.8 Å². The average Bonchev–Trinajstić information content (AvgIpc) is 2.39. The third kappa shape index (κ3) is 4.33. The molecule has 0 aliphatic heterocycles. The van der Waals surface area contributed by atoms with E-state index in [1.54, 1.807) is 11.8 Å². The van der Waals surface area contributed by atoms with Crippen LogP contribution in [0.2, 0.25) is 0 Å². The van der Waals surface area contributed by atoms with E-state index in [0.717, 1.165) is 5.75 Å². The van der Waals surface area contributed by atoms with E-state index in [1.165, 1.54) is 34.9 Å². The minimum absolute atomic E-state index is 0.124. The number of carboxylic acids is 1. The van der Waals surface area contributed by atoms with Crippen LogP contribution in [0.5, 0.6) is 0 Å². The lowest BCUT2D eigenvalue weighted by Gasteiger charge is -2.07. The molecule has 0 heterocycles. The number of thioether (sulfide) groups is 1. The molecule has 0 aliphatic carbocycles. The molecule has 1 N–H and O–H groups in total. The molecule has 0 saturated heterocycles. The summed E-state index contributed by atoms with van der Waals surface area (Å²) in [4.78, 5) is 10.9. The second kappa shape index (κ2) is 6.76. The minimum Gasteiger partial charge on any atom is -0.478 e. The summed E-state index contributed by atoms with van der Waals surface area (Å²) < 4.78 is 13.7. The van der Waals surface area contributed by atoms with E-state index < -0.39 is 5.97 Å². The van der Waals surface area contributed by atoms with Crippen molar-refractivity contribution >= 4 is 17.7 Å². The summed E-state index contributed by atoms with van der Waals surface area (Å²) in [5, 5.41) is 8.94. The highest BCUT2D eigenvalue weighted by atomic mass is 32.2. The van der Waals surface area contributed by atoms with Crippen molar-refractivity contribution in [3.8, 4) is 0 Å². The number of aromatic carboxylic acids is 1. The molecule has 0 spiro atoms. The first-order valence-corrected chi connectivity index (χ1v) is 7.78. The monoisotopic (exact) mass is 304 g/mol. The Labute approximate surface area is 128 Å². The van der Waals surface area contributed by atoms with Crippen LogP contribution < -0.4 is 0 Å². The minimum atomic E-state index is -1.03. The number of rotatable bonds is 5. The lowest BCUT2D eigenvalue weighted by molar-refractivity contribution is 0.0696. The van der Waals surface area contributed by atoms with Crippen LogP contribution in [-0.4, -0.2) is 11.1 Å². The zero-order chi connectivity index (χ0) is 15.4. The summed E-state index contributed by atoms with van der Waals surface area (Å²) in [7, 11) is 0. The van der Waals surface area contributed by atoms with Gasteiger partial charge in [-0.05, 0) is 43.2 Å². The van der Waals surface area contributed by atoms with Gasteiger partial charge in [0.05, 0.1) is 5.56 Å². The number of hydrogen-bond acceptors (Lipinski definition) is 2. The Morgan fingerprint density at radius 3 is 2.38 bits per heavy atom. The molecule has 0 atom stereocenters.